The minimum absolute atomic E-state index is 0. The van der Waals surface area contributed by atoms with Crippen molar-refractivity contribution in [2.24, 2.45) is 0 Å². The molecule has 0 aliphatic rings. The van der Waals surface area contributed by atoms with Gasteiger partial charge < -0.3 is 14.4 Å². The molecule has 0 N–H and O–H groups in total. The summed E-state index contributed by atoms with van der Waals surface area (Å²) in [6.07, 6.45) is 5.27. The van der Waals surface area contributed by atoms with Crippen molar-refractivity contribution >= 4 is 35.3 Å². The van der Waals surface area contributed by atoms with E-state index in [0.717, 1.165) is 22.5 Å². The van der Waals surface area contributed by atoms with Crippen molar-refractivity contribution in [3.05, 3.63) is 156 Å². The van der Waals surface area contributed by atoms with E-state index in [1.807, 2.05) is 30.3 Å². The van der Waals surface area contributed by atoms with Crippen LogP contribution in [0.25, 0.3) is 66.8 Å². The molecule has 0 aliphatic heterocycles. The standard InChI is InChI=1S/C25H18FN2O.C20H20NSi.Ir/c1-14-11-15(2)22(16(3)12-14)17-7-9-27-21(13-17)18-5-4-6-19-23-20(26)8-10-28-25(23)29-24(18)19;1-22(2,3)20-15-21-19(17-12-8-5-9-13-17)14-18(20)16-10-6-4-7-11-16;/h4,6-13H,1-3H3;4-12,14-15H,1-3H3;/q2*-1;. The van der Waals surface area contributed by atoms with Crippen molar-refractivity contribution in [2.75, 3.05) is 0 Å². The average molecular weight is 876 g/mol. The summed E-state index contributed by atoms with van der Waals surface area (Å²) in [6, 6.07) is 40.6. The van der Waals surface area contributed by atoms with Gasteiger partial charge in [0.1, 0.15) is 5.82 Å². The smallest absolute Gasteiger partial charge is 0.219 e. The zero-order valence-corrected chi connectivity index (χ0v) is 33.4. The van der Waals surface area contributed by atoms with Crippen LogP contribution in [0.2, 0.25) is 19.6 Å². The van der Waals surface area contributed by atoms with E-state index >= 15 is 0 Å². The number of aryl methyl sites for hydroxylation is 3. The Kier molecular flexibility index (Phi) is 10.8. The van der Waals surface area contributed by atoms with Crippen molar-refractivity contribution in [1.82, 2.24) is 15.0 Å². The second-order valence-electron chi connectivity index (χ2n) is 13.9. The summed E-state index contributed by atoms with van der Waals surface area (Å²) < 4.78 is 20.3. The summed E-state index contributed by atoms with van der Waals surface area (Å²) in [5.41, 5.74) is 12.8. The molecule has 8 rings (SSSR count). The van der Waals surface area contributed by atoms with Crippen molar-refractivity contribution in [2.45, 2.75) is 40.4 Å². The fraction of sp³-hybridized carbons (Fsp3) is 0.133. The molecule has 0 fully saturated rings. The molecule has 4 heterocycles. The van der Waals surface area contributed by atoms with Crippen LogP contribution in [0.1, 0.15) is 16.7 Å². The number of benzene rings is 4. The third-order valence-corrected chi connectivity index (χ3v) is 11.1. The first-order chi connectivity index (χ1) is 24.6. The summed E-state index contributed by atoms with van der Waals surface area (Å²) in [7, 11) is -1.46. The number of pyridine rings is 3. The molecule has 7 heteroatoms. The molecule has 1 radical (unpaired) electrons. The van der Waals surface area contributed by atoms with Crippen molar-refractivity contribution in [3.8, 4) is 44.8 Å². The zero-order chi connectivity index (χ0) is 35.7. The Morgan fingerprint density at radius 1 is 0.692 bits per heavy atom. The van der Waals surface area contributed by atoms with E-state index in [0.29, 0.717) is 21.9 Å². The number of rotatable bonds is 5. The Bertz CT molecular complexity index is 2490. The van der Waals surface area contributed by atoms with Gasteiger partial charge in [-0.3, -0.25) is 0 Å². The van der Waals surface area contributed by atoms with Gasteiger partial charge in [0, 0.05) is 38.7 Å². The van der Waals surface area contributed by atoms with Crippen LogP contribution in [0.5, 0.6) is 0 Å². The van der Waals surface area contributed by atoms with E-state index in [1.165, 1.54) is 50.8 Å². The van der Waals surface area contributed by atoms with Gasteiger partial charge in [0.05, 0.1) is 19.0 Å². The van der Waals surface area contributed by atoms with E-state index in [1.54, 1.807) is 18.3 Å². The number of fused-ring (bicyclic) bond motifs is 3. The number of furan rings is 1. The summed E-state index contributed by atoms with van der Waals surface area (Å²) in [5, 5.41) is 2.46. The van der Waals surface area contributed by atoms with Gasteiger partial charge >= 0.3 is 0 Å². The fourth-order valence-corrected chi connectivity index (χ4v) is 8.26. The first kappa shape index (κ1) is 36.7. The van der Waals surface area contributed by atoms with Crippen LogP contribution in [0, 0.1) is 38.7 Å². The summed E-state index contributed by atoms with van der Waals surface area (Å²) in [4.78, 5) is 13.4. The van der Waals surface area contributed by atoms with Crippen LogP contribution in [-0.4, -0.2) is 23.0 Å². The fourth-order valence-electron chi connectivity index (χ4n) is 6.78. The second kappa shape index (κ2) is 15.3. The quantitative estimate of drug-likeness (QED) is 0.128. The molecular weight excluding hydrogens is 838 g/mol. The number of nitrogens with zero attached hydrogens (tertiary/aromatic N) is 3. The topological polar surface area (TPSA) is 51.8 Å². The van der Waals surface area contributed by atoms with Crippen LogP contribution in [0.3, 0.4) is 0 Å². The summed E-state index contributed by atoms with van der Waals surface area (Å²) in [5.74, 6) is -0.349. The van der Waals surface area contributed by atoms with Crippen LogP contribution in [0.4, 0.5) is 4.39 Å². The van der Waals surface area contributed by atoms with Crippen molar-refractivity contribution in [1.29, 1.82) is 0 Å². The maximum absolute atomic E-state index is 14.4. The number of halogens is 1. The number of hydrogen-bond donors (Lipinski definition) is 0. The molecule has 0 bridgehead atoms. The van der Waals surface area contributed by atoms with Gasteiger partial charge in [-0.15, -0.1) is 54.1 Å². The maximum atomic E-state index is 14.4. The van der Waals surface area contributed by atoms with Crippen LogP contribution in [0.15, 0.2) is 126 Å². The number of aromatic nitrogens is 3. The van der Waals surface area contributed by atoms with Gasteiger partial charge in [-0.05, 0) is 82.9 Å². The first-order valence-electron chi connectivity index (χ1n) is 17.0. The van der Waals surface area contributed by atoms with Gasteiger partial charge in [0.2, 0.25) is 5.71 Å². The van der Waals surface area contributed by atoms with E-state index < -0.39 is 8.07 Å². The van der Waals surface area contributed by atoms with E-state index in [4.69, 9.17) is 9.40 Å². The Morgan fingerprint density at radius 3 is 2.13 bits per heavy atom. The molecule has 0 aliphatic carbocycles. The minimum atomic E-state index is -1.46. The molecule has 261 valence electrons. The molecule has 4 nitrogen and oxygen atoms in total. The average Bonchev–Trinajstić information content (AvgIpc) is 3.52. The van der Waals surface area contributed by atoms with Gasteiger partial charge in [0.25, 0.3) is 0 Å². The summed E-state index contributed by atoms with van der Waals surface area (Å²) >= 11 is 0. The monoisotopic (exact) mass is 876 g/mol. The number of hydrogen-bond acceptors (Lipinski definition) is 4. The Balaban J connectivity index is 0.000000182. The predicted octanol–water partition coefficient (Wildman–Crippen LogP) is 11.3. The molecule has 0 saturated carbocycles. The molecule has 8 aromatic rings. The Labute approximate surface area is 319 Å². The first-order valence-corrected chi connectivity index (χ1v) is 20.5. The molecule has 0 spiro atoms. The van der Waals surface area contributed by atoms with Gasteiger partial charge in [0.15, 0.2) is 0 Å². The molecule has 0 amide bonds. The second-order valence-corrected chi connectivity index (χ2v) is 18.9. The molecule has 0 atom stereocenters. The SMILES string of the molecule is C[Si](C)(C)c1cnc(-c2[c-]cccc2)cc1-c1ccccc1.Cc1cc(C)c(-c2ccnc(-c3[c-]ccc4c3oc3nccc(F)c34)c2)c(C)c1.[Ir]. The third kappa shape index (κ3) is 7.44. The van der Waals surface area contributed by atoms with Crippen LogP contribution >= 0.6 is 0 Å². The Morgan fingerprint density at radius 2 is 1.42 bits per heavy atom. The van der Waals surface area contributed by atoms with Crippen LogP contribution < -0.4 is 5.19 Å². The van der Waals surface area contributed by atoms with E-state index in [9.17, 15) is 4.39 Å². The van der Waals surface area contributed by atoms with Crippen molar-refractivity contribution < 1.29 is 28.9 Å². The predicted molar refractivity (Wildman–Crippen MR) is 210 cm³/mol. The van der Waals surface area contributed by atoms with Crippen molar-refractivity contribution in [3.63, 3.8) is 0 Å². The molecule has 0 saturated heterocycles. The third-order valence-electron chi connectivity index (χ3n) is 9.05. The molecule has 4 aromatic heterocycles. The normalized spacial score (nSPS) is 11.2. The maximum Gasteiger partial charge on any atom is 0.219 e. The summed E-state index contributed by atoms with van der Waals surface area (Å²) in [6.45, 7) is 13.4. The van der Waals surface area contributed by atoms with Gasteiger partial charge in [-0.1, -0.05) is 90.8 Å². The largest absolute Gasteiger partial charge is 0.486 e. The minimum Gasteiger partial charge on any atom is -0.486 e. The molecule has 0 unspecified atom stereocenters. The van der Waals surface area contributed by atoms with Gasteiger partial charge in [-0.2, -0.15) is 0 Å². The molecular formula is C45H38FIrN3OSi-2. The van der Waals surface area contributed by atoms with Gasteiger partial charge in [-0.25, -0.2) is 9.37 Å². The van der Waals surface area contributed by atoms with E-state index in [-0.39, 0.29) is 31.6 Å². The molecule has 4 aromatic carbocycles. The molecule has 52 heavy (non-hydrogen) atoms. The van der Waals surface area contributed by atoms with Crippen LogP contribution in [-0.2, 0) is 20.1 Å². The Hall–Kier alpha value is -5.07. The van der Waals surface area contributed by atoms with E-state index in [2.05, 4.69) is 123 Å². The zero-order valence-electron chi connectivity index (χ0n) is 30.0.